The van der Waals surface area contributed by atoms with Crippen molar-refractivity contribution in [1.82, 2.24) is 0 Å². The molecule has 3 nitrogen and oxygen atoms in total. The lowest BCUT2D eigenvalue weighted by Crippen LogP contribution is -2.35. The SMILES string of the molecule is CCCCC(=O)O.CCCC[N+](C)(C)C. The Kier molecular flexibility index (Phi) is 11.2. The number of carbonyl (C=O) groups is 1. The summed E-state index contributed by atoms with van der Waals surface area (Å²) in [6.45, 7) is 5.51. The summed E-state index contributed by atoms with van der Waals surface area (Å²) in [5.74, 6) is -0.693. The van der Waals surface area contributed by atoms with Gasteiger partial charge in [-0.2, -0.15) is 0 Å². The third kappa shape index (κ3) is 24.7. The van der Waals surface area contributed by atoms with Crippen LogP contribution in [0.2, 0.25) is 0 Å². The van der Waals surface area contributed by atoms with Crippen LogP contribution in [0, 0.1) is 0 Å². The van der Waals surface area contributed by atoms with Gasteiger partial charge in [-0.1, -0.05) is 26.7 Å². The molecule has 0 aliphatic heterocycles. The van der Waals surface area contributed by atoms with Crippen molar-refractivity contribution in [3.8, 4) is 0 Å². The lowest BCUT2D eigenvalue weighted by molar-refractivity contribution is -0.870. The predicted octanol–water partition coefficient (Wildman–Crippen LogP) is 2.75. The first-order valence-corrected chi connectivity index (χ1v) is 5.85. The Morgan fingerprint density at radius 3 is 1.67 bits per heavy atom. The molecule has 0 rings (SSSR count). The zero-order chi connectivity index (χ0) is 12.3. The highest BCUT2D eigenvalue weighted by atomic mass is 16.4. The van der Waals surface area contributed by atoms with Crippen LogP contribution >= 0.6 is 0 Å². The molecule has 0 bridgehead atoms. The Hall–Kier alpha value is -0.570. The summed E-state index contributed by atoms with van der Waals surface area (Å²) in [7, 11) is 6.70. The van der Waals surface area contributed by atoms with Crippen molar-refractivity contribution >= 4 is 5.97 Å². The molecule has 0 spiro atoms. The van der Waals surface area contributed by atoms with Gasteiger partial charge in [0.15, 0.2) is 0 Å². The molecule has 3 heteroatoms. The highest BCUT2D eigenvalue weighted by molar-refractivity contribution is 5.66. The van der Waals surface area contributed by atoms with E-state index in [4.69, 9.17) is 5.11 Å². The second-order valence-electron chi connectivity index (χ2n) is 4.86. The van der Waals surface area contributed by atoms with E-state index in [1.54, 1.807) is 0 Å². The van der Waals surface area contributed by atoms with Crippen LogP contribution in [0.15, 0.2) is 0 Å². The van der Waals surface area contributed by atoms with E-state index < -0.39 is 5.97 Å². The molecule has 0 atom stereocenters. The van der Waals surface area contributed by atoms with Crippen LogP contribution in [-0.4, -0.2) is 43.2 Å². The average Bonchev–Trinajstić information content (AvgIpc) is 2.11. The molecule has 0 heterocycles. The number of quaternary nitrogens is 1. The lowest BCUT2D eigenvalue weighted by Gasteiger charge is -2.23. The minimum atomic E-state index is -0.693. The van der Waals surface area contributed by atoms with E-state index in [0.29, 0.717) is 6.42 Å². The van der Waals surface area contributed by atoms with E-state index >= 15 is 0 Å². The first kappa shape index (κ1) is 16.8. The van der Waals surface area contributed by atoms with Gasteiger partial charge >= 0.3 is 5.97 Å². The van der Waals surface area contributed by atoms with Gasteiger partial charge in [0.05, 0.1) is 27.7 Å². The van der Waals surface area contributed by atoms with E-state index in [2.05, 4.69) is 28.1 Å². The molecular weight excluding hydrogens is 190 g/mol. The summed E-state index contributed by atoms with van der Waals surface area (Å²) in [4.78, 5) is 9.76. The van der Waals surface area contributed by atoms with E-state index in [0.717, 1.165) is 17.3 Å². The van der Waals surface area contributed by atoms with Gasteiger partial charge in [0.25, 0.3) is 0 Å². The van der Waals surface area contributed by atoms with Crippen molar-refractivity contribution in [3.05, 3.63) is 0 Å². The lowest BCUT2D eigenvalue weighted by atomic mass is 10.3. The number of hydrogen-bond donors (Lipinski definition) is 1. The van der Waals surface area contributed by atoms with Crippen LogP contribution in [0.4, 0.5) is 0 Å². The minimum Gasteiger partial charge on any atom is -0.481 e. The molecule has 0 saturated carbocycles. The second kappa shape index (κ2) is 9.97. The van der Waals surface area contributed by atoms with Gasteiger partial charge < -0.3 is 9.59 Å². The molecule has 0 saturated heterocycles. The largest absolute Gasteiger partial charge is 0.481 e. The molecule has 0 aromatic rings. The van der Waals surface area contributed by atoms with Crippen LogP contribution in [0.5, 0.6) is 0 Å². The molecule has 92 valence electrons. The topological polar surface area (TPSA) is 37.3 Å². The van der Waals surface area contributed by atoms with Crippen molar-refractivity contribution < 1.29 is 14.4 Å². The zero-order valence-electron chi connectivity index (χ0n) is 11.0. The fraction of sp³-hybridized carbons (Fsp3) is 0.917. The minimum absolute atomic E-state index is 0.316. The fourth-order valence-corrected chi connectivity index (χ4v) is 0.960. The monoisotopic (exact) mass is 218 g/mol. The number of rotatable bonds is 6. The zero-order valence-corrected chi connectivity index (χ0v) is 11.0. The molecule has 0 aliphatic rings. The Labute approximate surface area is 94.7 Å². The Balaban J connectivity index is 0. The van der Waals surface area contributed by atoms with Crippen LogP contribution in [0.1, 0.15) is 46.0 Å². The fourth-order valence-electron chi connectivity index (χ4n) is 0.960. The molecule has 0 aromatic heterocycles. The van der Waals surface area contributed by atoms with Crippen LogP contribution in [0.25, 0.3) is 0 Å². The van der Waals surface area contributed by atoms with Gasteiger partial charge in [0.1, 0.15) is 0 Å². The quantitative estimate of drug-likeness (QED) is 0.696. The second-order valence-corrected chi connectivity index (χ2v) is 4.86. The predicted molar refractivity (Wildman–Crippen MR) is 65.0 cm³/mol. The van der Waals surface area contributed by atoms with E-state index in [9.17, 15) is 4.79 Å². The first-order valence-electron chi connectivity index (χ1n) is 5.85. The summed E-state index contributed by atoms with van der Waals surface area (Å²) in [6.07, 6.45) is 4.75. The molecule has 0 aromatic carbocycles. The number of aliphatic carboxylic acids is 1. The van der Waals surface area contributed by atoms with E-state index in [1.165, 1.54) is 19.4 Å². The molecule has 15 heavy (non-hydrogen) atoms. The number of carboxylic acid groups (broad SMARTS) is 1. The number of carboxylic acids is 1. The third-order valence-electron chi connectivity index (χ3n) is 1.93. The Morgan fingerprint density at radius 1 is 1.07 bits per heavy atom. The number of nitrogens with zero attached hydrogens (tertiary/aromatic N) is 1. The van der Waals surface area contributed by atoms with Gasteiger partial charge in [0, 0.05) is 6.42 Å². The summed E-state index contributed by atoms with van der Waals surface area (Å²) in [5, 5.41) is 8.04. The van der Waals surface area contributed by atoms with Gasteiger partial charge in [-0.15, -0.1) is 0 Å². The molecule has 0 unspecified atom stereocenters. The number of hydrogen-bond acceptors (Lipinski definition) is 1. The molecule has 0 aliphatic carbocycles. The highest BCUT2D eigenvalue weighted by Gasteiger charge is 2.02. The summed E-state index contributed by atoms with van der Waals surface area (Å²) >= 11 is 0. The normalized spacial score (nSPS) is 10.5. The number of unbranched alkanes of at least 4 members (excludes halogenated alkanes) is 2. The van der Waals surface area contributed by atoms with Gasteiger partial charge in [0.2, 0.25) is 0 Å². The van der Waals surface area contributed by atoms with Crippen LogP contribution in [0.3, 0.4) is 0 Å². The maximum absolute atomic E-state index is 9.76. The Bertz CT molecular complexity index is 150. The maximum atomic E-state index is 9.76. The van der Waals surface area contributed by atoms with Crippen LogP contribution < -0.4 is 0 Å². The molecule has 0 radical (unpaired) electrons. The third-order valence-corrected chi connectivity index (χ3v) is 1.93. The smallest absolute Gasteiger partial charge is 0.303 e. The van der Waals surface area contributed by atoms with E-state index in [1.807, 2.05) is 6.92 Å². The standard InChI is InChI=1S/C7H18N.C5H10O2/c1-5-6-7-8(2,3)4;1-2-3-4-5(6)7/h5-7H2,1-4H3;2-4H2,1H3,(H,6,7)/q+1;. The first-order chi connectivity index (χ1) is 6.83. The van der Waals surface area contributed by atoms with Crippen molar-refractivity contribution in [2.24, 2.45) is 0 Å². The van der Waals surface area contributed by atoms with Crippen LogP contribution in [-0.2, 0) is 4.79 Å². The summed E-state index contributed by atoms with van der Waals surface area (Å²) < 4.78 is 1.10. The average molecular weight is 218 g/mol. The van der Waals surface area contributed by atoms with Gasteiger partial charge in [-0.3, -0.25) is 4.79 Å². The van der Waals surface area contributed by atoms with Crippen molar-refractivity contribution in [1.29, 1.82) is 0 Å². The van der Waals surface area contributed by atoms with Crippen molar-refractivity contribution in [2.45, 2.75) is 46.0 Å². The van der Waals surface area contributed by atoms with Crippen molar-refractivity contribution in [2.75, 3.05) is 27.7 Å². The van der Waals surface area contributed by atoms with Crippen molar-refractivity contribution in [3.63, 3.8) is 0 Å². The Morgan fingerprint density at radius 2 is 1.53 bits per heavy atom. The summed E-state index contributed by atoms with van der Waals surface area (Å²) in [6, 6.07) is 0. The maximum Gasteiger partial charge on any atom is 0.303 e. The summed E-state index contributed by atoms with van der Waals surface area (Å²) in [5.41, 5.74) is 0. The van der Waals surface area contributed by atoms with Gasteiger partial charge in [-0.05, 0) is 12.8 Å². The highest BCUT2D eigenvalue weighted by Crippen LogP contribution is 1.95. The molecular formula is C12H28NO2+. The van der Waals surface area contributed by atoms with Gasteiger partial charge in [-0.25, -0.2) is 0 Å². The molecule has 1 N–H and O–H groups in total. The van der Waals surface area contributed by atoms with E-state index in [-0.39, 0.29) is 0 Å². The molecule has 0 amide bonds. The molecule has 0 fully saturated rings.